The minimum Gasteiger partial charge on any atom is -0.507 e. The zero-order chi connectivity index (χ0) is 28.6. The molecule has 3 heterocycles. The number of hydrogen-bond donors (Lipinski definition) is 1. The van der Waals surface area contributed by atoms with E-state index in [-0.39, 0.29) is 27.8 Å². The van der Waals surface area contributed by atoms with Gasteiger partial charge in [0.25, 0.3) is 5.78 Å². The van der Waals surface area contributed by atoms with E-state index in [1.54, 1.807) is 43.3 Å². The maximum absolute atomic E-state index is 13.6. The monoisotopic (exact) mass is 564 g/mol. The van der Waals surface area contributed by atoms with Crippen LogP contribution in [0.1, 0.15) is 53.3 Å². The first-order valence-corrected chi connectivity index (χ1v) is 13.7. The van der Waals surface area contributed by atoms with Crippen LogP contribution in [0.25, 0.3) is 5.76 Å². The fraction of sp³-hybridized carbons (Fsp3) is 0.310. The lowest BCUT2D eigenvalue weighted by Gasteiger charge is -2.24. The second kappa shape index (κ2) is 11.0. The van der Waals surface area contributed by atoms with Gasteiger partial charge in [0, 0.05) is 12.5 Å². The van der Waals surface area contributed by atoms with Gasteiger partial charge < -0.3 is 24.1 Å². The molecule has 1 atom stereocenters. The number of ether oxygens (including phenoxy) is 4. The zero-order valence-corrected chi connectivity index (χ0v) is 23.3. The molecule has 40 heavy (non-hydrogen) atoms. The van der Waals surface area contributed by atoms with Crippen LogP contribution in [0.4, 0.5) is 5.13 Å². The summed E-state index contributed by atoms with van der Waals surface area (Å²) in [5.74, 6) is -0.487. The first kappa shape index (κ1) is 27.2. The van der Waals surface area contributed by atoms with Gasteiger partial charge in [-0.2, -0.15) is 0 Å². The highest BCUT2D eigenvalue weighted by atomic mass is 32.1. The molecule has 0 aliphatic carbocycles. The van der Waals surface area contributed by atoms with Crippen molar-refractivity contribution in [2.24, 2.45) is 0 Å². The predicted octanol–water partition coefficient (Wildman–Crippen LogP) is 4.85. The number of aryl methyl sites for hydroxylation is 1. The molecular weight excluding hydrogens is 536 g/mol. The number of benzene rings is 2. The third-order valence-corrected chi connectivity index (χ3v) is 7.71. The molecule has 0 bridgehead atoms. The van der Waals surface area contributed by atoms with E-state index >= 15 is 0 Å². The highest BCUT2D eigenvalue weighted by Gasteiger charge is 2.48. The summed E-state index contributed by atoms with van der Waals surface area (Å²) >= 11 is 1.02. The van der Waals surface area contributed by atoms with Crippen LogP contribution >= 0.6 is 11.3 Å². The molecule has 1 fully saturated rings. The van der Waals surface area contributed by atoms with Gasteiger partial charge in [-0.3, -0.25) is 19.3 Å². The van der Waals surface area contributed by atoms with Crippen molar-refractivity contribution in [1.29, 1.82) is 0 Å². The van der Waals surface area contributed by atoms with Crippen LogP contribution < -0.4 is 23.8 Å². The average Bonchev–Trinajstić information content (AvgIpc) is 3.45. The van der Waals surface area contributed by atoms with Crippen LogP contribution in [-0.4, -0.2) is 54.0 Å². The van der Waals surface area contributed by atoms with Crippen molar-refractivity contribution in [3.8, 4) is 23.0 Å². The van der Waals surface area contributed by atoms with E-state index in [1.165, 1.54) is 11.8 Å². The maximum Gasteiger partial charge on any atom is 0.301 e. The van der Waals surface area contributed by atoms with Crippen molar-refractivity contribution >= 4 is 39.7 Å². The Kier molecular flexibility index (Phi) is 7.49. The number of rotatable bonds is 8. The molecule has 1 amide bonds. The van der Waals surface area contributed by atoms with E-state index in [4.69, 9.17) is 18.9 Å². The number of anilines is 1. The Labute approximate surface area is 234 Å². The van der Waals surface area contributed by atoms with Gasteiger partial charge in [-0.25, -0.2) is 4.98 Å². The quantitative estimate of drug-likeness (QED) is 0.177. The Morgan fingerprint density at radius 1 is 1.05 bits per heavy atom. The molecule has 1 saturated heterocycles. The Morgan fingerprint density at radius 2 is 1.75 bits per heavy atom. The summed E-state index contributed by atoms with van der Waals surface area (Å²) in [6, 6.07) is 8.83. The van der Waals surface area contributed by atoms with Crippen molar-refractivity contribution in [3.63, 3.8) is 0 Å². The summed E-state index contributed by atoms with van der Waals surface area (Å²) in [7, 11) is 0. The van der Waals surface area contributed by atoms with Crippen molar-refractivity contribution in [3.05, 3.63) is 63.7 Å². The molecule has 0 radical (unpaired) electrons. The van der Waals surface area contributed by atoms with Crippen molar-refractivity contribution in [2.75, 3.05) is 31.3 Å². The van der Waals surface area contributed by atoms with E-state index in [0.29, 0.717) is 65.6 Å². The molecule has 5 rings (SSSR count). The summed E-state index contributed by atoms with van der Waals surface area (Å²) in [5, 5.41) is 11.7. The second-order valence-corrected chi connectivity index (χ2v) is 10.0. The number of hydrogen-bond acceptors (Lipinski definition) is 10. The van der Waals surface area contributed by atoms with E-state index in [2.05, 4.69) is 4.98 Å². The van der Waals surface area contributed by atoms with Crippen LogP contribution in [0.15, 0.2) is 42.0 Å². The van der Waals surface area contributed by atoms with Gasteiger partial charge in [-0.1, -0.05) is 17.4 Å². The molecule has 2 aromatic carbocycles. The van der Waals surface area contributed by atoms with Gasteiger partial charge in [0.05, 0.1) is 35.4 Å². The van der Waals surface area contributed by atoms with Gasteiger partial charge in [-0.05, 0) is 56.7 Å². The molecule has 208 valence electrons. The van der Waals surface area contributed by atoms with Crippen molar-refractivity contribution in [2.45, 2.75) is 33.7 Å². The molecule has 1 N–H and O–H groups in total. The molecule has 1 aromatic heterocycles. The lowest BCUT2D eigenvalue weighted by molar-refractivity contribution is -0.132. The second-order valence-electron chi connectivity index (χ2n) is 9.07. The number of ketones is 2. The SMILES string of the molecule is CCOc1ccc(C2/C(=C(/O)c3ccc4c(c3)OCCO4)C(=O)C(=O)N2c2nc(C)c(C(C)=O)s2)cc1OCC. The van der Waals surface area contributed by atoms with Crippen LogP contribution in [0, 0.1) is 6.92 Å². The molecule has 0 saturated carbocycles. The number of aliphatic hydroxyl groups is 1. The fourth-order valence-corrected chi connectivity index (χ4v) is 5.73. The maximum atomic E-state index is 13.6. The smallest absolute Gasteiger partial charge is 0.301 e. The molecule has 2 aliphatic heterocycles. The Balaban J connectivity index is 1.71. The van der Waals surface area contributed by atoms with E-state index < -0.39 is 17.7 Å². The van der Waals surface area contributed by atoms with Crippen molar-refractivity contribution in [1.82, 2.24) is 4.98 Å². The predicted molar refractivity (Wildman–Crippen MR) is 148 cm³/mol. The summed E-state index contributed by atoms with van der Waals surface area (Å²) in [5.41, 5.74) is 1.08. The summed E-state index contributed by atoms with van der Waals surface area (Å²) in [6.07, 6.45) is 0. The molecule has 1 unspecified atom stereocenters. The lowest BCUT2D eigenvalue weighted by atomic mass is 9.95. The normalized spacial score (nSPS) is 17.7. The van der Waals surface area contributed by atoms with Gasteiger partial charge in [0.2, 0.25) is 0 Å². The topological polar surface area (TPSA) is 124 Å². The first-order valence-electron chi connectivity index (χ1n) is 12.8. The van der Waals surface area contributed by atoms with Gasteiger partial charge in [-0.15, -0.1) is 0 Å². The Morgan fingerprint density at radius 3 is 2.42 bits per heavy atom. The summed E-state index contributed by atoms with van der Waals surface area (Å²) < 4.78 is 22.7. The summed E-state index contributed by atoms with van der Waals surface area (Å²) in [6.45, 7) is 8.28. The van der Waals surface area contributed by atoms with Crippen LogP contribution in [-0.2, 0) is 9.59 Å². The number of Topliss-reactive ketones (excluding diaryl/α,β-unsaturated/α-hetero) is 2. The highest BCUT2D eigenvalue weighted by molar-refractivity contribution is 7.18. The summed E-state index contributed by atoms with van der Waals surface area (Å²) in [4.78, 5) is 45.4. The number of thiazole rings is 1. The van der Waals surface area contributed by atoms with E-state index in [1.807, 2.05) is 13.8 Å². The third-order valence-electron chi connectivity index (χ3n) is 6.45. The number of aromatic nitrogens is 1. The Bertz CT molecular complexity index is 1540. The van der Waals surface area contributed by atoms with E-state index in [0.717, 1.165) is 11.3 Å². The van der Waals surface area contributed by atoms with Crippen LogP contribution in [0.2, 0.25) is 0 Å². The number of nitrogens with zero attached hydrogens (tertiary/aromatic N) is 2. The zero-order valence-electron chi connectivity index (χ0n) is 22.5. The standard InChI is InChI=1S/C29H28N2O8S/c1-5-36-19-9-7-17(13-21(19)37-6-2)24-23(25(33)18-8-10-20-22(14-18)39-12-11-38-20)26(34)28(35)31(24)29-30-15(3)27(40-29)16(4)32/h7-10,13-14,24,33H,5-6,11-12H2,1-4H3/b25-23-. The number of amides is 1. The lowest BCUT2D eigenvalue weighted by Crippen LogP contribution is -2.29. The number of carbonyl (C=O) groups excluding carboxylic acids is 3. The molecule has 10 nitrogen and oxygen atoms in total. The first-order chi connectivity index (χ1) is 19.2. The number of carbonyl (C=O) groups is 3. The molecular formula is C29H28N2O8S. The van der Waals surface area contributed by atoms with Gasteiger partial charge >= 0.3 is 5.91 Å². The molecule has 0 spiro atoms. The molecule has 3 aromatic rings. The minimum atomic E-state index is -1.06. The van der Waals surface area contributed by atoms with E-state index in [9.17, 15) is 19.5 Å². The average molecular weight is 565 g/mol. The third kappa shape index (κ3) is 4.77. The number of fused-ring (bicyclic) bond motifs is 1. The minimum absolute atomic E-state index is 0.134. The van der Waals surface area contributed by atoms with Gasteiger partial charge in [0.15, 0.2) is 33.9 Å². The van der Waals surface area contributed by atoms with Crippen molar-refractivity contribution < 1.29 is 38.4 Å². The molecule has 2 aliphatic rings. The fourth-order valence-electron chi connectivity index (χ4n) is 4.74. The number of aliphatic hydroxyl groups excluding tert-OH is 1. The largest absolute Gasteiger partial charge is 0.507 e. The Hall–Kier alpha value is -4.38. The van der Waals surface area contributed by atoms with Crippen LogP contribution in [0.3, 0.4) is 0 Å². The van der Waals surface area contributed by atoms with Crippen LogP contribution in [0.5, 0.6) is 23.0 Å². The molecule has 11 heteroatoms. The highest BCUT2D eigenvalue weighted by Crippen LogP contribution is 2.46. The van der Waals surface area contributed by atoms with Gasteiger partial charge in [0.1, 0.15) is 19.0 Å².